The van der Waals surface area contributed by atoms with Gasteiger partial charge in [0.2, 0.25) is 0 Å². The zero-order valence-corrected chi connectivity index (χ0v) is 18.5. The number of H-pyrrole nitrogens is 1. The number of fused-ring (bicyclic) bond motifs is 1. The lowest BCUT2D eigenvalue weighted by atomic mass is 9.95. The van der Waals surface area contributed by atoms with Crippen molar-refractivity contribution >= 4 is 22.4 Å². The fraction of sp³-hybridized carbons (Fsp3) is 0.217. The van der Waals surface area contributed by atoms with E-state index >= 15 is 4.39 Å². The summed E-state index contributed by atoms with van der Waals surface area (Å²) in [4.78, 5) is 12.2. The number of nitrogens with two attached hydrogens (primary N) is 1. The van der Waals surface area contributed by atoms with Crippen LogP contribution in [0.2, 0.25) is 5.02 Å². The number of nitrogens with zero attached hydrogens (tertiary/aromatic N) is 4. The molecule has 8 nitrogen and oxygen atoms in total. The second-order valence-electron chi connectivity index (χ2n) is 7.93. The van der Waals surface area contributed by atoms with Crippen LogP contribution in [0.5, 0.6) is 5.75 Å². The van der Waals surface area contributed by atoms with Crippen LogP contribution in [0.25, 0.3) is 33.2 Å². The Morgan fingerprint density at radius 3 is 2.82 bits per heavy atom. The summed E-state index contributed by atoms with van der Waals surface area (Å²) in [6, 6.07) is 8.16. The van der Waals surface area contributed by atoms with Gasteiger partial charge in [-0.25, -0.2) is 13.9 Å². The Morgan fingerprint density at radius 2 is 2.15 bits per heavy atom. The molecule has 1 fully saturated rings. The van der Waals surface area contributed by atoms with Crippen molar-refractivity contribution < 1.29 is 13.5 Å². The van der Waals surface area contributed by atoms with Crippen LogP contribution >= 0.6 is 11.6 Å². The highest BCUT2D eigenvalue weighted by Crippen LogP contribution is 2.43. The number of halogens is 3. The number of ether oxygens (including phenoxy) is 1. The minimum Gasteiger partial charge on any atom is -0.486 e. The van der Waals surface area contributed by atoms with Crippen LogP contribution in [-0.4, -0.2) is 32.3 Å². The molecule has 34 heavy (non-hydrogen) atoms. The third-order valence-electron chi connectivity index (χ3n) is 5.78. The summed E-state index contributed by atoms with van der Waals surface area (Å²) in [7, 11) is 1.60. The number of hydrogen-bond acceptors (Lipinski definition) is 6. The van der Waals surface area contributed by atoms with Crippen LogP contribution in [0.15, 0.2) is 35.3 Å². The number of rotatable bonds is 5. The second kappa shape index (κ2) is 8.20. The van der Waals surface area contributed by atoms with Gasteiger partial charge in [0, 0.05) is 37.0 Å². The van der Waals surface area contributed by atoms with Gasteiger partial charge in [-0.2, -0.15) is 15.5 Å². The van der Waals surface area contributed by atoms with Gasteiger partial charge in [-0.3, -0.25) is 9.48 Å². The molecule has 2 aromatic carbocycles. The lowest BCUT2D eigenvalue weighted by molar-refractivity contribution is 0.260. The molecular formula is C23H17ClF2N6O2. The van der Waals surface area contributed by atoms with E-state index in [4.69, 9.17) is 22.1 Å². The van der Waals surface area contributed by atoms with Crippen LogP contribution in [-0.2, 0) is 13.6 Å². The molecule has 0 bridgehead atoms. The molecule has 1 aliphatic rings. The standard InChI is InChI=1S/C23H17ClF2N6O2/c1-32-22(20-13(7-27)18(5-15(24)21(20)26)34-19-6-16(19)25)14(9-29-32)10-2-3-11-12(4-10)17(8-28)30-31-23(11)33/h2-5,9,16,19H,6,8,28H2,1H3,(H,31,33)/t16-,19-/m0/s1. The average Bonchev–Trinajstić information content (AvgIpc) is 3.39. The van der Waals surface area contributed by atoms with Crippen LogP contribution in [0, 0.1) is 17.1 Å². The Balaban J connectivity index is 1.74. The first-order chi connectivity index (χ1) is 16.3. The van der Waals surface area contributed by atoms with Crippen molar-refractivity contribution in [1.82, 2.24) is 20.0 Å². The second-order valence-corrected chi connectivity index (χ2v) is 8.34. The predicted octanol–water partition coefficient (Wildman–Crippen LogP) is 3.60. The number of benzene rings is 2. The van der Waals surface area contributed by atoms with Crippen LogP contribution in [0.1, 0.15) is 17.7 Å². The van der Waals surface area contributed by atoms with Gasteiger partial charge in [0.1, 0.15) is 29.7 Å². The Bertz CT molecular complexity index is 1560. The third kappa shape index (κ3) is 3.50. The largest absolute Gasteiger partial charge is 0.486 e. The third-order valence-corrected chi connectivity index (χ3v) is 6.05. The van der Waals surface area contributed by atoms with Gasteiger partial charge in [0.25, 0.3) is 5.56 Å². The Hall–Kier alpha value is -3.81. The number of alkyl halides is 1. The van der Waals surface area contributed by atoms with Crippen LogP contribution in [0.4, 0.5) is 8.78 Å². The van der Waals surface area contributed by atoms with Gasteiger partial charge in [-0.05, 0) is 17.7 Å². The van der Waals surface area contributed by atoms with E-state index in [1.54, 1.807) is 25.2 Å². The molecule has 0 spiro atoms. The van der Waals surface area contributed by atoms with Crippen molar-refractivity contribution in [3.63, 3.8) is 0 Å². The van der Waals surface area contributed by atoms with Crippen molar-refractivity contribution in [2.45, 2.75) is 25.2 Å². The van der Waals surface area contributed by atoms with Crippen LogP contribution in [0.3, 0.4) is 0 Å². The molecular weight excluding hydrogens is 466 g/mol. The predicted molar refractivity (Wildman–Crippen MR) is 122 cm³/mol. The fourth-order valence-corrected chi connectivity index (χ4v) is 4.14. The van der Waals surface area contributed by atoms with Crippen molar-refractivity contribution in [1.29, 1.82) is 5.26 Å². The molecule has 1 saturated carbocycles. The SMILES string of the molecule is Cn1ncc(-c2ccc3c(=O)[nH]nc(CN)c3c2)c1-c1c(F)c(Cl)cc(O[C@H]2C[C@@H]2F)c1C#N. The van der Waals surface area contributed by atoms with Gasteiger partial charge in [-0.1, -0.05) is 17.7 Å². The molecule has 0 unspecified atom stereocenters. The molecule has 11 heteroatoms. The molecule has 0 aliphatic heterocycles. The summed E-state index contributed by atoms with van der Waals surface area (Å²) >= 11 is 6.14. The molecule has 172 valence electrons. The minimum atomic E-state index is -1.14. The summed E-state index contributed by atoms with van der Waals surface area (Å²) in [6.45, 7) is 0.0928. The number of nitrogens with one attached hydrogen (secondary N) is 1. The van der Waals surface area contributed by atoms with E-state index in [2.05, 4.69) is 15.3 Å². The van der Waals surface area contributed by atoms with Crippen molar-refractivity contribution in [3.05, 3.63) is 62.9 Å². The number of aromatic nitrogens is 4. The molecule has 4 aromatic rings. The van der Waals surface area contributed by atoms with Crippen molar-refractivity contribution in [3.8, 4) is 34.2 Å². The Labute approximate surface area is 196 Å². The Morgan fingerprint density at radius 1 is 1.38 bits per heavy atom. The van der Waals surface area contributed by atoms with Gasteiger partial charge >= 0.3 is 0 Å². The normalized spacial score (nSPS) is 17.1. The minimum absolute atomic E-state index is 0.000799. The van der Waals surface area contributed by atoms with E-state index < -0.39 is 18.1 Å². The average molecular weight is 483 g/mol. The zero-order valence-electron chi connectivity index (χ0n) is 17.8. The van der Waals surface area contributed by atoms with Gasteiger partial charge in [-0.15, -0.1) is 0 Å². The topological polar surface area (TPSA) is 123 Å². The Kier molecular flexibility index (Phi) is 5.31. The van der Waals surface area contributed by atoms with E-state index in [0.29, 0.717) is 27.6 Å². The summed E-state index contributed by atoms with van der Waals surface area (Å²) in [5, 5.41) is 21.2. The van der Waals surface area contributed by atoms with Gasteiger partial charge in [0.05, 0.1) is 33.6 Å². The first kappa shape index (κ1) is 22.0. The highest BCUT2D eigenvalue weighted by atomic mass is 35.5. The molecule has 0 radical (unpaired) electrons. The molecule has 0 saturated heterocycles. The van der Waals surface area contributed by atoms with Crippen LogP contribution < -0.4 is 16.0 Å². The van der Waals surface area contributed by atoms with Crippen molar-refractivity contribution in [2.75, 3.05) is 0 Å². The van der Waals surface area contributed by atoms with E-state index in [-0.39, 0.29) is 46.1 Å². The summed E-state index contributed by atoms with van der Waals surface area (Å²) < 4.78 is 35.8. The molecule has 3 N–H and O–H groups in total. The highest BCUT2D eigenvalue weighted by molar-refractivity contribution is 6.31. The number of hydrogen-bond donors (Lipinski definition) is 2. The summed E-state index contributed by atoms with van der Waals surface area (Å²) in [6.07, 6.45) is -0.134. The molecule has 5 rings (SSSR count). The highest BCUT2D eigenvalue weighted by Gasteiger charge is 2.41. The number of aromatic amines is 1. The van der Waals surface area contributed by atoms with E-state index in [1.165, 1.54) is 16.9 Å². The van der Waals surface area contributed by atoms with Crippen molar-refractivity contribution in [2.24, 2.45) is 12.8 Å². The summed E-state index contributed by atoms with van der Waals surface area (Å²) in [5.41, 5.74) is 7.00. The monoisotopic (exact) mass is 482 g/mol. The molecule has 2 aromatic heterocycles. The van der Waals surface area contributed by atoms with E-state index in [1.807, 2.05) is 6.07 Å². The number of nitriles is 1. The lowest BCUT2D eigenvalue weighted by Crippen LogP contribution is -2.13. The quantitative estimate of drug-likeness (QED) is 0.448. The van der Waals surface area contributed by atoms with E-state index in [0.717, 1.165) is 0 Å². The van der Waals surface area contributed by atoms with Gasteiger partial charge < -0.3 is 10.5 Å². The van der Waals surface area contributed by atoms with E-state index in [9.17, 15) is 14.4 Å². The molecule has 1 aliphatic carbocycles. The zero-order chi connectivity index (χ0) is 24.1. The summed E-state index contributed by atoms with van der Waals surface area (Å²) in [5.74, 6) is -0.828. The maximum absolute atomic E-state index is 15.4. The maximum Gasteiger partial charge on any atom is 0.272 e. The fourth-order valence-electron chi connectivity index (χ4n) is 3.95. The van der Waals surface area contributed by atoms with Gasteiger partial charge in [0.15, 0.2) is 5.82 Å². The maximum atomic E-state index is 15.4. The first-order valence-corrected chi connectivity index (χ1v) is 10.7. The first-order valence-electron chi connectivity index (χ1n) is 10.3. The number of aryl methyl sites for hydroxylation is 1. The molecule has 2 atom stereocenters. The lowest BCUT2D eigenvalue weighted by Gasteiger charge is -2.15. The molecule has 2 heterocycles. The molecule has 0 amide bonds. The smallest absolute Gasteiger partial charge is 0.272 e.